The molecule has 2 N–H and O–H groups in total. The minimum Gasteiger partial charge on any atom is -0.309 e. The van der Waals surface area contributed by atoms with Crippen LogP contribution < -0.4 is 10.9 Å². The standard InChI is InChI=1S/C24H31N3O/c1-15(2)21(17-11-13-18(14-12-17)24(4,5)6)25-16(3)22-26-20-10-8-7-9-19(20)23(28)27-22/h7-16,21,25H,1-6H3,(H,26,27,28)/t16-,21-/m1/s1. The van der Waals surface area contributed by atoms with Gasteiger partial charge in [0.2, 0.25) is 0 Å². The highest BCUT2D eigenvalue weighted by Gasteiger charge is 2.21. The van der Waals surface area contributed by atoms with Crippen molar-refractivity contribution in [3.63, 3.8) is 0 Å². The fourth-order valence-electron chi connectivity index (χ4n) is 3.52. The maximum Gasteiger partial charge on any atom is 0.258 e. The largest absolute Gasteiger partial charge is 0.309 e. The Bertz CT molecular complexity index is 997. The van der Waals surface area contributed by atoms with Crippen LogP contribution in [0.25, 0.3) is 10.9 Å². The number of rotatable bonds is 5. The molecule has 0 aliphatic heterocycles. The number of aromatic amines is 1. The Morgan fingerprint density at radius 1 is 0.964 bits per heavy atom. The summed E-state index contributed by atoms with van der Waals surface area (Å²) in [6, 6.07) is 16.4. The SMILES string of the molecule is CC(C)[C@@H](N[C@H](C)c1nc2ccccc2c(=O)[nH]1)c1ccc(C(C)(C)C)cc1. The average Bonchev–Trinajstić information content (AvgIpc) is 2.65. The third kappa shape index (κ3) is 4.33. The third-order valence-electron chi connectivity index (χ3n) is 5.27. The summed E-state index contributed by atoms with van der Waals surface area (Å²) in [5.74, 6) is 1.07. The fraction of sp³-hybridized carbons (Fsp3) is 0.417. The lowest BCUT2D eigenvalue weighted by molar-refractivity contribution is 0.367. The Kier molecular flexibility index (Phi) is 5.71. The second kappa shape index (κ2) is 7.88. The first-order valence-electron chi connectivity index (χ1n) is 10.0. The molecular weight excluding hydrogens is 346 g/mol. The van der Waals surface area contributed by atoms with Gasteiger partial charge in [0.1, 0.15) is 5.82 Å². The summed E-state index contributed by atoms with van der Waals surface area (Å²) in [4.78, 5) is 20.0. The number of H-pyrrole nitrogens is 1. The molecule has 0 fully saturated rings. The number of hydrogen-bond acceptors (Lipinski definition) is 3. The zero-order chi connectivity index (χ0) is 20.5. The van der Waals surface area contributed by atoms with Gasteiger partial charge in [0.25, 0.3) is 5.56 Å². The van der Waals surface area contributed by atoms with Gasteiger partial charge in [0.05, 0.1) is 16.9 Å². The Hall–Kier alpha value is -2.46. The minimum absolute atomic E-state index is 0.0769. The van der Waals surface area contributed by atoms with Crippen molar-refractivity contribution >= 4 is 10.9 Å². The Morgan fingerprint density at radius 3 is 2.21 bits per heavy atom. The second-order valence-electron chi connectivity index (χ2n) is 8.95. The van der Waals surface area contributed by atoms with E-state index in [4.69, 9.17) is 0 Å². The number of para-hydroxylation sites is 1. The van der Waals surface area contributed by atoms with Crippen LogP contribution in [0.5, 0.6) is 0 Å². The van der Waals surface area contributed by atoms with Crippen molar-refractivity contribution in [3.8, 4) is 0 Å². The second-order valence-corrected chi connectivity index (χ2v) is 8.95. The number of nitrogens with zero attached hydrogens (tertiary/aromatic N) is 1. The van der Waals surface area contributed by atoms with Gasteiger partial charge in [-0.2, -0.15) is 0 Å². The number of fused-ring (bicyclic) bond motifs is 1. The van der Waals surface area contributed by atoms with Crippen LogP contribution in [0, 0.1) is 5.92 Å². The molecule has 2 aromatic carbocycles. The van der Waals surface area contributed by atoms with Crippen molar-refractivity contribution in [2.45, 2.75) is 59.0 Å². The van der Waals surface area contributed by atoms with Gasteiger partial charge in [-0.1, -0.05) is 71.0 Å². The van der Waals surface area contributed by atoms with Crippen molar-refractivity contribution < 1.29 is 0 Å². The molecule has 0 saturated carbocycles. The molecule has 3 rings (SSSR count). The molecule has 2 atom stereocenters. The van der Waals surface area contributed by atoms with E-state index < -0.39 is 0 Å². The van der Waals surface area contributed by atoms with Crippen molar-refractivity contribution in [1.82, 2.24) is 15.3 Å². The summed E-state index contributed by atoms with van der Waals surface area (Å²) in [5, 5.41) is 4.29. The monoisotopic (exact) mass is 377 g/mol. The van der Waals surface area contributed by atoms with E-state index in [-0.39, 0.29) is 23.1 Å². The lowest BCUT2D eigenvalue weighted by Gasteiger charge is -2.27. The van der Waals surface area contributed by atoms with Crippen LogP contribution in [0.3, 0.4) is 0 Å². The lowest BCUT2D eigenvalue weighted by Crippen LogP contribution is -2.30. The van der Waals surface area contributed by atoms with Crippen molar-refractivity contribution in [1.29, 1.82) is 0 Å². The van der Waals surface area contributed by atoms with Crippen LogP contribution in [0.4, 0.5) is 0 Å². The van der Waals surface area contributed by atoms with E-state index in [2.05, 4.69) is 74.2 Å². The lowest BCUT2D eigenvalue weighted by atomic mass is 9.85. The van der Waals surface area contributed by atoms with Gasteiger partial charge in [0.15, 0.2) is 0 Å². The maximum atomic E-state index is 12.4. The van der Waals surface area contributed by atoms with Crippen molar-refractivity contribution in [3.05, 3.63) is 75.8 Å². The number of hydrogen-bond donors (Lipinski definition) is 2. The first kappa shape index (κ1) is 20.3. The molecule has 0 unspecified atom stereocenters. The molecule has 4 nitrogen and oxygen atoms in total. The zero-order valence-corrected chi connectivity index (χ0v) is 17.7. The average molecular weight is 378 g/mol. The first-order valence-corrected chi connectivity index (χ1v) is 10.0. The summed E-state index contributed by atoms with van der Waals surface area (Å²) in [6.45, 7) is 13.1. The van der Waals surface area contributed by atoms with E-state index in [9.17, 15) is 4.79 Å². The highest BCUT2D eigenvalue weighted by atomic mass is 16.1. The fourth-order valence-corrected chi connectivity index (χ4v) is 3.52. The van der Waals surface area contributed by atoms with Gasteiger partial charge in [-0.25, -0.2) is 4.98 Å². The van der Waals surface area contributed by atoms with Crippen LogP contribution >= 0.6 is 0 Å². The topological polar surface area (TPSA) is 57.8 Å². The van der Waals surface area contributed by atoms with Gasteiger partial charge in [-0.15, -0.1) is 0 Å². The van der Waals surface area contributed by atoms with Crippen molar-refractivity contribution in [2.75, 3.05) is 0 Å². The number of aromatic nitrogens is 2. The third-order valence-corrected chi connectivity index (χ3v) is 5.27. The van der Waals surface area contributed by atoms with Crippen molar-refractivity contribution in [2.24, 2.45) is 5.92 Å². The van der Waals surface area contributed by atoms with E-state index >= 15 is 0 Å². The molecule has 4 heteroatoms. The summed E-state index contributed by atoms with van der Waals surface area (Å²) < 4.78 is 0. The van der Waals surface area contributed by atoms with E-state index in [1.807, 2.05) is 25.1 Å². The predicted octanol–water partition coefficient (Wildman–Crippen LogP) is 5.27. The molecule has 0 bridgehead atoms. The number of nitrogens with one attached hydrogen (secondary N) is 2. The van der Waals surface area contributed by atoms with Crippen LogP contribution in [-0.4, -0.2) is 9.97 Å². The Labute approximate surface area is 167 Å². The molecule has 148 valence electrons. The molecule has 0 saturated heterocycles. The molecule has 1 heterocycles. The molecule has 0 aliphatic carbocycles. The summed E-state index contributed by atoms with van der Waals surface area (Å²) in [5.41, 5.74) is 3.35. The number of benzene rings is 2. The summed E-state index contributed by atoms with van der Waals surface area (Å²) >= 11 is 0. The molecular formula is C24H31N3O. The minimum atomic E-state index is -0.0927. The molecule has 0 radical (unpaired) electrons. The Morgan fingerprint density at radius 2 is 1.61 bits per heavy atom. The van der Waals surface area contributed by atoms with E-state index in [0.29, 0.717) is 17.1 Å². The first-order chi connectivity index (χ1) is 13.2. The highest BCUT2D eigenvalue weighted by molar-refractivity contribution is 5.77. The molecule has 0 aliphatic rings. The van der Waals surface area contributed by atoms with Gasteiger partial charge < -0.3 is 10.3 Å². The Balaban J connectivity index is 1.87. The predicted molar refractivity (Wildman–Crippen MR) is 117 cm³/mol. The van der Waals surface area contributed by atoms with E-state index in [1.54, 1.807) is 6.07 Å². The maximum absolute atomic E-state index is 12.4. The van der Waals surface area contributed by atoms with E-state index in [0.717, 1.165) is 5.52 Å². The molecule has 3 aromatic rings. The van der Waals surface area contributed by atoms with Gasteiger partial charge in [0, 0.05) is 6.04 Å². The van der Waals surface area contributed by atoms with Gasteiger partial charge in [-0.05, 0) is 41.5 Å². The molecule has 0 amide bonds. The summed E-state index contributed by atoms with van der Waals surface area (Å²) in [7, 11) is 0. The highest BCUT2D eigenvalue weighted by Crippen LogP contribution is 2.28. The molecule has 28 heavy (non-hydrogen) atoms. The smallest absolute Gasteiger partial charge is 0.258 e. The quantitative estimate of drug-likeness (QED) is 0.637. The van der Waals surface area contributed by atoms with Crippen LogP contribution in [-0.2, 0) is 5.41 Å². The van der Waals surface area contributed by atoms with Crippen LogP contribution in [0.2, 0.25) is 0 Å². The van der Waals surface area contributed by atoms with Crippen LogP contribution in [0.1, 0.15) is 70.6 Å². The molecule has 1 aromatic heterocycles. The van der Waals surface area contributed by atoms with Crippen LogP contribution in [0.15, 0.2) is 53.3 Å². The zero-order valence-electron chi connectivity index (χ0n) is 17.7. The summed E-state index contributed by atoms with van der Waals surface area (Å²) in [6.07, 6.45) is 0. The van der Waals surface area contributed by atoms with Gasteiger partial charge >= 0.3 is 0 Å². The normalized spacial score (nSPS) is 14.4. The van der Waals surface area contributed by atoms with E-state index in [1.165, 1.54) is 11.1 Å². The van der Waals surface area contributed by atoms with Gasteiger partial charge in [-0.3, -0.25) is 4.79 Å². The molecule has 0 spiro atoms.